The van der Waals surface area contributed by atoms with Crippen LogP contribution in [0.4, 0.5) is 0 Å². The minimum absolute atomic E-state index is 0.212. The average molecular weight is 388 g/mol. The van der Waals surface area contributed by atoms with Gasteiger partial charge in [-0.15, -0.1) is 0 Å². The van der Waals surface area contributed by atoms with Crippen molar-refractivity contribution in [2.45, 2.75) is 13.2 Å². The molecule has 27 heavy (non-hydrogen) atoms. The lowest BCUT2D eigenvalue weighted by atomic mass is 10.2. The molecular formula is C17H20N6O3S. The van der Waals surface area contributed by atoms with Crippen LogP contribution in [0.5, 0.6) is 11.5 Å². The number of methoxy groups -OCH3 is 1. The Morgan fingerprint density at radius 3 is 2.59 bits per heavy atom. The Morgan fingerprint density at radius 2 is 2.00 bits per heavy atom. The molecule has 0 spiro atoms. The van der Waals surface area contributed by atoms with E-state index in [1.165, 1.54) is 6.07 Å². The summed E-state index contributed by atoms with van der Waals surface area (Å²) in [5, 5.41) is 11.9. The number of hydrogen-bond acceptors (Lipinski definition) is 7. The molecule has 10 heteroatoms. The van der Waals surface area contributed by atoms with Gasteiger partial charge in [-0.05, 0) is 29.9 Å². The Labute approximate surface area is 160 Å². The van der Waals surface area contributed by atoms with E-state index in [1.54, 1.807) is 18.0 Å². The predicted molar refractivity (Wildman–Crippen MR) is 102 cm³/mol. The summed E-state index contributed by atoms with van der Waals surface area (Å²) in [7, 11) is 5.35. The van der Waals surface area contributed by atoms with Gasteiger partial charge in [-0.25, -0.2) is 4.68 Å². The summed E-state index contributed by atoms with van der Waals surface area (Å²) in [5.41, 5.74) is 1.44. The van der Waals surface area contributed by atoms with E-state index in [1.807, 2.05) is 48.0 Å². The van der Waals surface area contributed by atoms with Crippen LogP contribution in [0.15, 0.2) is 41.3 Å². The van der Waals surface area contributed by atoms with Crippen molar-refractivity contribution in [1.29, 1.82) is 0 Å². The fourth-order valence-corrected chi connectivity index (χ4v) is 2.65. The molecule has 0 fully saturated rings. The zero-order valence-corrected chi connectivity index (χ0v) is 16.1. The van der Waals surface area contributed by atoms with Gasteiger partial charge in [0.2, 0.25) is 10.2 Å². The average Bonchev–Trinajstić information content (AvgIpc) is 3.06. The van der Waals surface area contributed by atoms with Gasteiger partial charge >= 0.3 is 0 Å². The minimum Gasteiger partial charge on any atom is -0.497 e. The molecule has 0 radical (unpaired) electrons. The second-order valence-corrected chi connectivity index (χ2v) is 6.36. The molecule has 142 valence electrons. The number of hydrogen-bond donors (Lipinski definition) is 1. The molecule has 0 unspecified atom stereocenters. The molecular weight excluding hydrogens is 368 g/mol. The first-order valence-electron chi connectivity index (χ1n) is 8.14. The standard InChI is InChI=1S/C17H20N6O3S/c1-21(2)23-10-16(26-11-12-4-6-14(25-3)7-5-12)15(24)8-13(23)9-22-17(27)18-19-20-22/h4-8,10H,9,11H2,1-3H3,(H,18,20,27). The maximum atomic E-state index is 12.5. The first-order valence-corrected chi connectivity index (χ1v) is 8.55. The number of ether oxygens (including phenoxy) is 2. The van der Waals surface area contributed by atoms with Crippen molar-refractivity contribution in [1.82, 2.24) is 24.9 Å². The second-order valence-electron chi connectivity index (χ2n) is 5.99. The third kappa shape index (κ3) is 4.34. The third-order valence-electron chi connectivity index (χ3n) is 3.91. The number of benzene rings is 1. The Bertz CT molecular complexity index is 1020. The van der Waals surface area contributed by atoms with Crippen LogP contribution in [-0.2, 0) is 13.2 Å². The van der Waals surface area contributed by atoms with Crippen molar-refractivity contribution < 1.29 is 9.47 Å². The highest BCUT2D eigenvalue weighted by atomic mass is 32.1. The second kappa shape index (κ2) is 8.04. The van der Waals surface area contributed by atoms with Crippen molar-refractivity contribution in [3.63, 3.8) is 0 Å². The summed E-state index contributed by atoms with van der Waals surface area (Å²) in [6, 6.07) is 9.01. The Balaban J connectivity index is 1.83. The molecule has 0 aliphatic rings. The van der Waals surface area contributed by atoms with E-state index < -0.39 is 0 Å². The van der Waals surface area contributed by atoms with E-state index in [0.29, 0.717) is 17.0 Å². The van der Waals surface area contributed by atoms with Crippen LogP contribution in [0, 0.1) is 4.77 Å². The molecule has 2 aromatic heterocycles. The first-order chi connectivity index (χ1) is 13.0. The molecule has 0 saturated carbocycles. The molecule has 0 aliphatic carbocycles. The Hall–Kier alpha value is -3.14. The quantitative estimate of drug-likeness (QED) is 0.611. The zero-order valence-electron chi connectivity index (χ0n) is 15.2. The molecule has 0 amide bonds. The predicted octanol–water partition coefficient (Wildman–Crippen LogP) is 1.33. The number of nitrogens with one attached hydrogen (secondary N) is 1. The third-order valence-corrected chi connectivity index (χ3v) is 4.21. The van der Waals surface area contributed by atoms with Crippen molar-refractivity contribution in [3.05, 3.63) is 62.8 Å². The van der Waals surface area contributed by atoms with Gasteiger partial charge in [-0.2, -0.15) is 5.21 Å². The van der Waals surface area contributed by atoms with Crippen LogP contribution in [0.1, 0.15) is 11.3 Å². The number of aromatic nitrogens is 5. The SMILES string of the molecule is COc1ccc(COc2cn(N(C)C)c(Cn3[nH]nnc3=S)cc2=O)cc1. The van der Waals surface area contributed by atoms with E-state index >= 15 is 0 Å². The van der Waals surface area contributed by atoms with Gasteiger partial charge in [0.25, 0.3) is 0 Å². The molecule has 3 aromatic rings. The summed E-state index contributed by atoms with van der Waals surface area (Å²) >= 11 is 5.09. The molecule has 3 rings (SSSR count). The Morgan fingerprint density at radius 1 is 1.26 bits per heavy atom. The number of rotatable bonds is 7. The normalized spacial score (nSPS) is 10.6. The van der Waals surface area contributed by atoms with Gasteiger partial charge in [0.05, 0.1) is 25.5 Å². The summed E-state index contributed by atoms with van der Waals surface area (Å²) in [5.74, 6) is 1.03. The molecule has 9 nitrogen and oxygen atoms in total. The highest BCUT2D eigenvalue weighted by molar-refractivity contribution is 7.71. The topological polar surface area (TPSA) is 90.2 Å². The van der Waals surface area contributed by atoms with Gasteiger partial charge in [-0.1, -0.05) is 22.4 Å². The lowest BCUT2D eigenvalue weighted by Crippen LogP contribution is -2.30. The van der Waals surface area contributed by atoms with Gasteiger partial charge in [-0.3, -0.25) is 9.47 Å². The van der Waals surface area contributed by atoms with Gasteiger partial charge < -0.3 is 14.5 Å². The Kier molecular flexibility index (Phi) is 5.55. The molecule has 0 aliphatic heterocycles. The van der Waals surface area contributed by atoms with Crippen molar-refractivity contribution >= 4 is 12.2 Å². The van der Waals surface area contributed by atoms with Crippen LogP contribution in [0.25, 0.3) is 0 Å². The summed E-state index contributed by atoms with van der Waals surface area (Å²) in [6.07, 6.45) is 1.66. The van der Waals surface area contributed by atoms with Crippen LogP contribution in [0.3, 0.4) is 0 Å². The number of pyridine rings is 1. The molecule has 1 aromatic carbocycles. The van der Waals surface area contributed by atoms with E-state index in [4.69, 9.17) is 21.7 Å². The zero-order chi connectivity index (χ0) is 19.4. The van der Waals surface area contributed by atoms with Crippen LogP contribution in [-0.4, -0.2) is 46.1 Å². The lowest BCUT2D eigenvalue weighted by Gasteiger charge is -2.22. The number of H-pyrrole nitrogens is 1. The lowest BCUT2D eigenvalue weighted by molar-refractivity contribution is 0.299. The highest BCUT2D eigenvalue weighted by Gasteiger charge is 2.11. The van der Waals surface area contributed by atoms with Crippen LogP contribution >= 0.6 is 12.2 Å². The first kappa shape index (κ1) is 18.6. The fraction of sp³-hybridized carbons (Fsp3) is 0.294. The van der Waals surface area contributed by atoms with E-state index in [-0.39, 0.29) is 17.8 Å². The fourth-order valence-electron chi connectivity index (χ4n) is 2.51. The maximum absolute atomic E-state index is 12.5. The van der Waals surface area contributed by atoms with Crippen molar-refractivity contribution in [3.8, 4) is 11.5 Å². The molecule has 0 atom stereocenters. The molecule has 1 N–H and O–H groups in total. The number of aromatic amines is 1. The van der Waals surface area contributed by atoms with E-state index in [9.17, 15) is 4.79 Å². The number of nitrogens with zero attached hydrogens (tertiary/aromatic N) is 5. The number of tetrazole rings is 1. The smallest absolute Gasteiger partial charge is 0.238 e. The van der Waals surface area contributed by atoms with Gasteiger partial charge in [0, 0.05) is 20.2 Å². The maximum Gasteiger partial charge on any atom is 0.238 e. The summed E-state index contributed by atoms with van der Waals surface area (Å²) in [4.78, 5) is 12.5. The molecule has 2 heterocycles. The van der Waals surface area contributed by atoms with Gasteiger partial charge in [0.1, 0.15) is 12.4 Å². The molecule has 0 bridgehead atoms. The molecule has 0 saturated heterocycles. The highest BCUT2D eigenvalue weighted by Crippen LogP contribution is 2.14. The summed E-state index contributed by atoms with van der Waals surface area (Å²) < 4.78 is 14.6. The van der Waals surface area contributed by atoms with Crippen molar-refractivity contribution in [2.75, 3.05) is 26.2 Å². The van der Waals surface area contributed by atoms with E-state index in [2.05, 4.69) is 15.5 Å². The minimum atomic E-state index is -0.212. The van der Waals surface area contributed by atoms with E-state index in [0.717, 1.165) is 11.3 Å². The van der Waals surface area contributed by atoms with Crippen molar-refractivity contribution in [2.24, 2.45) is 0 Å². The largest absolute Gasteiger partial charge is 0.497 e. The monoisotopic (exact) mass is 388 g/mol. The van der Waals surface area contributed by atoms with Crippen LogP contribution in [0.2, 0.25) is 0 Å². The summed E-state index contributed by atoms with van der Waals surface area (Å²) in [6.45, 7) is 0.611. The van der Waals surface area contributed by atoms with Crippen LogP contribution < -0.4 is 19.9 Å². The van der Waals surface area contributed by atoms with Gasteiger partial charge in [0.15, 0.2) is 5.75 Å².